The van der Waals surface area contributed by atoms with E-state index in [1.807, 2.05) is 24.3 Å². The van der Waals surface area contributed by atoms with E-state index in [4.69, 9.17) is 28.9 Å². The van der Waals surface area contributed by atoms with Gasteiger partial charge in [0.2, 0.25) is 5.95 Å². The number of fused-ring (bicyclic) bond motifs is 2. The second-order valence-electron chi connectivity index (χ2n) is 13.4. The van der Waals surface area contributed by atoms with Gasteiger partial charge in [0, 0.05) is 76.9 Å². The number of nitrogens with zero attached hydrogens (tertiary/aromatic N) is 7. The van der Waals surface area contributed by atoms with E-state index in [9.17, 15) is 9.59 Å². The molecule has 7 rings (SSSR count). The zero-order valence-corrected chi connectivity index (χ0v) is 31.7. The van der Waals surface area contributed by atoms with E-state index in [2.05, 4.69) is 25.7 Å². The van der Waals surface area contributed by atoms with Crippen molar-refractivity contribution in [3.8, 4) is 23.0 Å². The molecule has 2 amide bonds. The number of rotatable bonds is 13. The van der Waals surface area contributed by atoms with Crippen LogP contribution in [-0.4, -0.2) is 130 Å². The van der Waals surface area contributed by atoms with Crippen LogP contribution in [0, 0.1) is 0 Å². The van der Waals surface area contributed by atoms with Crippen molar-refractivity contribution < 1.29 is 28.5 Å². The number of carbonyl (C=O) groups is 2. The van der Waals surface area contributed by atoms with Crippen molar-refractivity contribution in [2.45, 2.75) is 19.4 Å². The van der Waals surface area contributed by atoms with Gasteiger partial charge in [-0.1, -0.05) is 18.2 Å². The number of methoxy groups -OCH3 is 4. The molecule has 3 aromatic carbocycles. The quantitative estimate of drug-likeness (QED) is 0.141. The van der Waals surface area contributed by atoms with Crippen molar-refractivity contribution >= 4 is 46.9 Å². The molecule has 0 radical (unpaired) electrons. The lowest BCUT2D eigenvalue weighted by molar-refractivity contribution is 0.0650. The number of halogens is 1. The van der Waals surface area contributed by atoms with Crippen molar-refractivity contribution in [1.82, 2.24) is 24.7 Å². The fourth-order valence-electron chi connectivity index (χ4n) is 7.38. The van der Waals surface area contributed by atoms with Crippen LogP contribution in [0.3, 0.4) is 0 Å². The maximum absolute atomic E-state index is 12.7. The molecule has 3 aliphatic rings. The van der Waals surface area contributed by atoms with Crippen LogP contribution in [-0.2, 0) is 6.54 Å². The SMILES string of the molecule is COc1ccc(CN2CCN(c3nc(N4CCN(CCCCN5C(=O)c6ccccc6C5=O)CC4)c4cc(OC)c(OC)cc4n3)CC2)cc1OC.Cl. The Morgan fingerprint density at radius 3 is 1.81 bits per heavy atom. The molecule has 4 heterocycles. The highest BCUT2D eigenvalue weighted by Crippen LogP contribution is 2.37. The molecule has 0 spiro atoms. The van der Waals surface area contributed by atoms with Crippen LogP contribution in [0.1, 0.15) is 39.1 Å². The standard InChI is InChI=1S/C39H47N7O6.ClH/c1-49-32-12-11-27(23-33(32)50-2)26-43-17-21-45(22-18-43)39-40-31-25-35(52-4)34(51-3)24-30(31)36(41-39)44-19-15-42(16-20-44)13-7-8-14-46-37(47)28-9-5-6-10-29(28)38(46)48;/h5-6,9-12,23-25H,7-8,13-22,26H2,1-4H3;1H. The number of imide groups is 1. The van der Waals surface area contributed by atoms with E-state index in [-0.39, 0.29) is 24.2 Å². The van der Waals surface area contributed by atoms with E-state index in [0.717, 1.165) is 112 Å². The van der Waals surface area contributed by atoms with E-state index >= 15 is 0 Å². The Labute approximate surface area is 316 Å². The van der Waals surface area contributed by atoms with Crippen molar-refractivity contribution in [2.75, 3.05) is 104 Å². The zero-order valence-electron chi connectivity index (χ0n) is 30.9. The van der Waals surface area contributed by atoms with E-state index in [1.54, 1.807) is 52.7 Å². The highest BCUT2D eigenvalue weighted by atomic mass is 35.5. The molecule has 0 atom stereocenters. The first kappa shape index (κ1) is 37.9. The molecule has 53 heavy (non-hydrogen) atoms. The Morgan fingerprint density at radius 2 is 1.17 bits per heavy atom. The molecule has 0 saturated carbocycles. The molecular weight excluding hydrogens is 698 g/mol. The number of hydrogen-bond donors (Lipinski definition) is 0. The molecule has 14 heteroatoms. The maximum atomic E-state index is 12.7. The smallest absolute Gasteiger partial charge is 0.261 e. The zero-order chi connectivity index (χ0) is 36.2. The fourth-order valence-corrected chi connectivity index (χ4v) is 7.38. The van der Waals surface area contributed by atoms with Gasteiger partial charge in [0.25, 0.3) is 11.8 Å². The van der Waals surface area contributed by atoms with Gasteiger partial charge in [-0.05, 0) is 55.3 Å². The van der Waals surface area contributed by atoms with Crippen molar-refractivity contribution in [2.24, 2.45) is 0 Å². The minimum atomic E-state index is -0.184. The minimum Gasteiger partial charge on any atom is -0.493 e. The van der Waals surface area contributed by atoms with Gasteiger partial charge in [0.15, 0.2) is 23.0 Å². The minimum absolute atomic E-state index is 0. The molecule has 2 fully saturated rings. The van der Waals surface area contributed by atoms with Crippen molar-refractivity contribution in [3.05, 3.63) is 71.3 Å². The third-order valence-electron chi connectivity index (χ3n) is 10.3. The van der Waals surface area contributed by atoms with Gasteiger partial charge < -0.3 is 28.7 Å². The number of aromatic nitrogens is 2. The fraction of sp³-hybridized carbons (Fsp3) is 0.436. The van der Waals surface area contributed by atoms with Crippen molar-refractivity contribution in [1.29, 1.82) is 0 Å². The number of hydrogen-bond acceptors (Lipinski definition) is 12. The molecule has 1 aromatic heterocycles. The summed E-state index contributed by atoms with van der Waals surface area (Å²) in [5, 5.41) is 0.933. The highest BCUT2D eigenvalue weighted by molar-refractivity contribution is 6.21. The van der Waals surface area contributed by atoms with Gasteiger partial charge in [-0.2, -0.15) is 4.98 Å². The van der Waals surface area contributed by atoms with Crippen LogP contribution in [0.4, 0.5) is 11.8 Å². The molecule has 2 saturated heterocycles. The molecule has 282 valence electrons. The number of unbranched alkanes of at least 4 members (excludes halogenated alkanes) is 1. The Bertz CT molecular complexity index is 1900. The van der Waals surface area contributed by atoms with E-state index in [1.165, 1.54) is 10.5 Å². The van der Waals surface area contributed by atoms with Gasteiger partial charge in [-0.15, -0.1) is 12.4 Å². The summed E-state index contributed by atoms with van der Waals surface area (Å²) in [5.41, 5.74) is 3.01. The van der Waals surface area contributed by atoms with Gasteiger partial charge in [-0.25, -0.2) is 4.98 Å². The number of piperazine rings is 2. The molecule has 3 aliphatic heterocycles. The van der Waals surface area contributed by atoms with Crippen molar-refractivity contribution in [3.63, 3.8) is 0 Å². The van der Waals surface area contributed by atoms with Crippen LogP contribution in [0.5, 0.6) is 23.0 Å². The summed E-state index contributed by atoms with van der Waals surface area (Å²) in [6.45, 7) is 8.94. The predicted molar refractivity (Wildman–Crippen MR) is 207 cm³/mol. The molecule has 0 unspecified atom stereocenters. The first-order valence-corrected chi connectivity index (χ1v) is 17.9. The van der Waals surface area contributed by atoms with Gasteiger partial charge in [0.05, 0.1) is 45.1 Å². The maximum Gasteiger partial charge on any atom is 0.261 e. The third kappa shape index (κ3) is 7.92. The summed E-state index contributed by atoms with van der Waals surface area (Å²) >= 11 is 0. The van der Waals surface area contributed by atoms with Crippen LogP contribution < -0.4 is 28.7 Å². The Hall–Kier alpha value is -4.85. The largest absolute Gasteiger partial charge is 0.493 e. The van der Waals surface area contributed by atoms with Gasteiger partial charge >= 0.3 is 0 Å². The summed E-state index contributed by atoms with van der Waals surface area (Å²) in [7, 11) is 6.60. The second kappa shape index (κ2) is 16.9. The van der Waals surface area contributed by atoms with Crippen LogP contribution in [0.25, 0.3) is 10.9 Å². The molecule has 13 nitrogen and oxygen atoms in total. The highest BCUT2D eigenvalue weighted by Gasteiger charge is 2.34. The lowest BCUT2D eigenvalue weighted by Gasteiger charge is -2.37. The number of carbonyl (C=O) groups excluding carboxylic acids is 2. The summed E-state index contributed by atoms with van der Waals surface area (Å²) in [5.74, 6) is 4.00. The topological polar surface area (TPSA) is 113 Å². The summed E-state index contributed by atoms with van der Waals surface area (Å²) in [6.07, 6.45) is 1.68. The van der Waals surface area contributed by atoms with Gasteiger partial charge in [-0.3, -0.25) is 24.3 Å². The normalized spacial score (nSPS) is 16.5. The molecular formula is C39H48ClN7O6. The average Bonchev–Trinajstić information content (AvgIpc) is 3.43. The number of amides is 2. The summed E-state index contributed by atoms with van der Waals surface area (Å²) < 4.78 is 22.3. The van der Waals surface area contributed by atoms with E-state index < -0.39 is 0 Å². The first-order chi connectivity index (χ1) is 25.4. The summed E-state index contributed by atoms with van der Waals surface area (Å²) in [6, 6.07) is 17.1. The van der Waals surface area contributed by atoms with Crippen LogP contribution in [0.2, 0.25) is 0 Å². The lowest BCUT2D eigenvalue weighted by atomic mass is 10.1. The predicted octanol–water partition coefficient (Wildman–Crippen LogP) is 4.61. The monoisotopic (exact) mass is 745 g/mol. The van der Waals surface area contributed by atoms with Crippen LogP contribution >= 0.6 is 12.4 Å². The Kier molecular flexibility index (Phi) is 12.1. The number of anilines is 2. The Morgan fingerprint density at radius 1 is 0.604 bits per heavy atom. The molecule has 0 bridgehead atoms. The molecule has 4 aromatic rings. The second-order valence-corrected chi connectivity index (χ2v) is 13.4. The summed E-state index contributed by atoms with van der Waals surface area (Å²) in [4.78, 5) is 46.6. The van der Waals surface area contributed by atoms with Gasteiger partial charge in [0.1, 0.15) is 5.82 Å². The average molecular weight is 746 g/mol. The third-order valence-corrected chi connectivity index (χ3v) is 10.3. The van der Waals surface area contributed by atoms with Crippen LogP contribution in [0.15, 0.2) is 54.6 Å². The van der Waals surface area contributed by atoms with E-state index in [0.29, 0.717) is 29.2 Å². The lowest BCUT2D eigenvalue weighted by Crippen LogP contribution is -2.48. The molecule has 0 N–H and O–H groups in total. The number of benzene rings is 3. The first-order valence-electron chi connectivity index (χ1n) is 17.9. The molecule has 0 aliphatic carbocycles. The Balaban J connectivity index is 0.00000481. The number of ether oxygens (including phenoxy) is 4.